The van der Waals surface area contributed by atoms with Gasteiger partial charge in [-0.1, -0.05) is 6.92 Å². The van der Waals surface area contributed by atoms with Crippen LogP contribution in [0, 0.1) is 11.3 Å². The van der Waals surface area contributed by atoms with Crippen LogP contribution in [-0.4, -0.2) is 23.3 Å². The summed E-state index contributed by atoms with van der Waals surface area (Å²) < 4.78 is 5.48. The predicted molar refractivity (Wildman–Crippen MR) is 60.9 cm³/mol. The van der Waals surface area contributed by atoms with Crippen LogP contribution in [0.1, 0.15) is 52.4 Å². The van der Waals surface area contributed by atoms with Crippen LogP contribution in [-0.2, 0) is 9.53 Å². The molecule has 92 valence electrons. The summed E-state index contributed by atoms with van der Waals surface area (Å²) in [6.07, 6.45) is 5.92. The van der Waals surface area contributed by atoms with Crippen molar-refractivity contribution in [2.75, 3.05) is 0 Å². The van der Waals surface area contributed by atoms with Gasteiger partial charge in [0.05, 0.1) is 6.10 Å². The van der Waals surface area contributed by atoms with Crippen molar-refractivity contribution in [1.82, 2.24) is 0 Å². The second-order valence-corrected chi connectivity index (χ2v) is 5.66. The molecule has 16 heavy (non-hydrogen) atoms. The van der Waals surface area contributed by atoms with E-state index < -0.39 is 0 Å². The highest BCUT2D eigenvalue weighted by atomic mass is 16.5. The summed E-state index contributed by atoms with van der Waals surface area (Å²) in [6.45, 7) is 3.72. The van der Waals surface area contributed by atoms with E-state index in [4.69, 9.17) is 4.74 Å². The molecule has 3 nitrogen and oxygen atoms in total. The lowest BCUT2D eigenvalue weighted by molar-refractivity contribution is -0.166. The molecule has 0 heterocycles. The van der Waals surface area contributed by atoms with Gasteiger partial charge in [0.15, 0.2) is 0 Å². The van der Waals surface area contributed by atoms with Crippen LogP contribution in [0.4, 0.5) is 0 Å². The van der Waals surface area contributed by atoms with E-state index in [0.29, 0.717) is 5.92 Å². The molecule has 1 N–H and O–H groups in total. The number of ether oxygens (including phenoxy) is 1. The highest BCUT2D eigenvalue weighted by Crippen LogP contribution is 2.51. The molecule has 2 aliphatic carbocycles. The van der Waals surface area contributed by atoms with Gasteiger partial charge in [-0.15, -0.1) is 0 Å². The van der Waals surface area contributed by atoms with E-state index in [9.17, 15) is 9.90 Å². The average molecular weight is 226 g/mol. The summed E-state index contributed by atoms with van der Waals surface area (Å²) in [6, 6.07) is 0. The Balaban J connectivity index is 2.12. The van der Waals surface area contributed by atoms with Crippen LogP contribution < -0.4 is 0 Å². The van der Waals surface area contributed by atoms with Gasteiger partial charge in [0, 0.05) is 12.3 Å². The Morgan fingerprint density at radius 1 is 1.38 bits per heavy atom. The van der Waals surface area contributed by atoms with E-state index in [0.717, 1.165) is 32.1 Å². The molecule has 0 spiro atoms. The van der Waals surface area contributed by atoms with E-state index in [1.807, 2.05) is 0 Å². The van der Waals surface area contributed by atoms with Crippen LogP contribution >= 0.6 is 0 Å². The Bertz CT molecular complexity index is 276. The lowest BCUT2D eigenvalue weighted by atomic mass is 9.58. The minimum atomic E-state index is -0.169. The van der Waals surface area contributed by atoms with Crippen molar-refractivity contribution in [2.45, 2.75) is 64.6 Å². The smallest absolute Gasteiger partial charge is 0.302 e. The number of carbonyl (C=O) groups is 1. The number of rotatable bonds is 1. The first-order valence-corrected chi connectivity index (χ1v) is 6.37. The number of fused-ring (bicyclic) bond motifs is 1. The number of aliphatic hydroxyl groups excluding tert-OH is 1. The molecule has 0 aromatic rings. The quantitative estimate of drug-likeness (QED) is 0.698. The minimum Gasteiger partial charge on any atom is -0.462 e. The van der Waals surface area contributed by atoms with Crippen molar-refractivity contribution in [3.8, 4) is 0 Å². The van der Waals surface area contributed by atoms with Gasteiger partial charge in [0.1, 0.15) is 6.10 Å². The lowest BCUT2D eigenvalue weighted by Gasteiger charge is -2.50. The van der Waals surface area contributed by atoms with Gasteiger partial charge < -0.3 is 9.84 Å². The molecular weight excluding hydrogens is 204 g/mol. The summed E-state index contributed by atoms with van der Waals surface area (Å²) in [4.78, 5) is 11.1. The maximum atomic E-state index is 11.1. The largest absolute Gasteiger partial charge is 0.462 e. The third kappa shape index (κ3) is 2.10. The molecule has 0 bridgehead atoms. The number of carbonyl (C=O) groups excluding carboxylic acids is 1. The molecule has 0 aliphatic heterocycles. The minimum absolute atomic E-state index is 0.0660. The van der Waals surface area contributed by atoms with Crippen LogP contribution in [0.25, 0.3) is 0 Å². The maximum absolute atomic E-state index is 11.1. The van der Waals surface area contributed by atoms with Crippen molar-refractivity contribution < 1.29 is 14.6 Å². The monoisotopic (exact) mass is 226 g/mol. The Morgan fingerprint density at radius 3 is 2.81 bits per heavy atom. The molecule has 0 aromatic heterocycles. The highest BCUT2D eigenvalue weighted by molar-refractivity contribution is 5.66. The summed E-state index contributed by atoms with van der Waals surface area (Å²) in [5, 5.41) is 9.72. The van der Waals surface area contributed by atoms with Crippen molar-refractivity contribution in [3.63, 3.8) is 0 Å². The molecule has 0 saturated heterocycles. The van der Waals surface area contributed by atoms with E-state index >= 15 is 0 Å². The summed E-state index contributed by atoms with van der Waals surface area (Å²) in [5.41, 5.74) is 0.100. The first-order valence-electron chi connectivity index (χ1n) is 6.37. The average Bonchev–Trinajstić information content (AvgIpc) is 2.20. The SMILES string of the molecule is CC(=O)O[C@H]1CCC[C@@H]2C[C@@H](O)CC[C@@]21C. The third-order valence-electron chi connectivity index (χ3n) is 4.57. The molecule has 2 rings (SSSR count). The van der Waals surface area contributed by atoms with Gasteiger partial charge in [-0.05, 0) is 44.4 Å². The number of hydrogen-bond donors (Lipinski definition) is 1. The van der Waals surface area contributed by atoms with Crippen LogP contribution in [0.2, 0.25) is 0 Å². The molecular formula is C13H22O3. The van der Waals surface area contributed by atoms with Crippen LogP contribution in [0.15, 0.2) is 0 Å². The van der Waals surface area contributed by atoms with Crippen LogP contribution in [0.3, 0.4) is 0 Å². The lowest BCUT2D eigenvalue weighted by Crippen LogP contribution is -2.48. The number of esters is 1. The van der Waals surface area contributed by atoms with Gasteiger partial charge >= 0.3 is 5.97 Å². The molecule has 3 heteroatoms. The van der Waals surface area contributed by atoms with E-state index in [2.05, 4.69) is 6.92 Å². The van der Waals surface area contributed by atoms with Gasteiger partial charge in [0.2, 0.25) is 0 Å². The van der Waals surface area contributed by atoms with Gasteiger partial charge in [0.25, 0.3) is 0 Å². The summed E-state index contributed by atoms with van der Waals surface area (Å²) in [7, 11) is 0. The molecule has 0 unspecified atom stereocenters. The van der Waals surface area contributed by atoms with Gasteiger partial charge in [-0.2, -0.15) is 0 Å². The summed E-state index contributed by atoms with van der Waals surface area (Å²) in [5.74, 6) is 0.354. The molecule has 2 fully saturated rings. The topological polar surface area (TPSA) is 46.5 Å². The van der Waals surface area contributed by atoms with Crippen LogP contribution in [0.5, 0.6) is 0 Å². The molecule has 0 radical (unpaired) electrons. The fraction of sp³-hybridized carbons (Fsp3) is 0.923. The van der Waals surface area contributed by atoms with Crippen molar-refractivity contribution >= 4 is 5.97 Å². The second-order valence-electron chi connectivity index (χ2n) is 5.66. The standard InChI is InChI=1S/C13H22O3/c1-9(14)16-12-5-3-4-10-8-11(15)6-7-13(10,12)2/h10-12,15H,3-8H2,1-2H3/t10-,11+,12+,13+/m1/s1. The Morgan fingerprint density at radius 2 is 2.12 bits per heavy atom. The Hall–Kier alpha value is -0.570. The maximum Gasteiger partial charge on any atom is 0.302 e. The van der Waals surface area contributed by atoms with Crippen molar-refractivity contribution in [3.05, 3.63) is 0 Å². The summed E-state index contributed by atoms with van der Waals surface area (Å²) >= 11 is 0. The van der Waals surface area contributed by atoms with Gasteiger partial charge in [-0.25, -0.2) is 0 Å². The van der Waals surface area contributed by atoms with Crippen molar-refractivity contribution in [2.24, 2.45) is 11.3 Å². The van der Waals surface area contributed by atoms with E-state index in [1.54, 1.807) is 0 Å². The van der Waals surface area contributed by atoms with Crippen molar-refractivity contribution in [1.29, 1.82) is 0 Å². The fourth-order valence-corrected chi connectivity index (χ4v) is 3.54. The second kappa shape index (κ2) is 4.36. The zero-order valence-corrected chi connectivity index (χ0v) is 10.2. The highest BCUT2D eigenvalue weighted by Gasteiger charge is 2.48. The zero-order chi connectivity index (χ0) is 11.8. The normalized spacial score (nSPS) is 43.6. The molecule has 2 aliphatic rings. The molecule has 4 atom stereocenters. The predicted octanol–water partition coefficient (Wildman–Crippen LogP) is 2.27. The number of hydrogen-bond acceptors (Lipinski definition) is 3. The molecule has 0 amide bonds. The third-order valence-corrected chi connectivity index (χ3v) is 4.57. The first-order chi connectivity index (χ1) is 7.52. The number of aliphatic hydroxyl groups is 1. The first kappa shape index (κ1) is 11.9. The van der Waals surface area contributed by atoms with E-state index in [-0.39, 0.29) is 23.6 Å². The Kier molecular flexibility index (Phi) is 3.24. The van der Waals surface area contributed by atoms with Gasteiger partial charge in [-0.3, -0.25) is 4.79 Å². The molecule has 2 saturated carbocycles. The van der Waals surface area contributed by atoms with E-state index in [1.165, 1.54) is 13.3 Å². The Labute approximate surface area is 97.2 Å². The molecule has 0 aromatic carbocycles. The zero-order valence-electron chi connectivity index (χ0n) is 10.2. The fourth-order valence-electron chi connectivity index (χ4n) is 3.54.